The monoisotopic (exact) mass is 261 g/mol. The average Bonchev–Trinajstić information content (AvgIpc) is 3.18. The van der Waals surface area contributed by atoms with Gasteiger partial charge < -0.3 is 10.2 Å². The molecule has 0 bridgehead atoms. The fourth-order valence-corrected chi connectivity index (χ4v) is 2.41. The molecular formula is C16H27N3. The molecule has 19 heavy (non-hydrogen) atoms. The van der Waals surface area contributed by atoms with Gasteiger partial charge in [-0.05, 0) is 63.3 Å². The molecule has 1 N–H and O–H groups in total. The maximum absolute atomic E-state index is 4.72. The van der Waals surface area contributed by atoms with Crippen molar-refractivity contribution in [2.75, 3.05) is 18.0 Å². The Morgan fingerprint density at radius 2 is 2.16 bits per heavy atom. The topological polar surface area (TPSA) is 28.2 Å². The van der Waals surface area contributed by atoms with Crippen LogP contribution in [-0.4, -0.2) is 24.1 Å². The first-order valence-electron chi connectivity index (χ1n) is 7.54. The highest BCUT2D eigenvalue weighted by atomic mass is 15.2. The zero-order valence-corrected chi connectivity index (χ0v) is 12.7. The Kier molecular flexibility index (Phi) is 4.81. The number of hydrogen-bond donors (Lipinski definition) is 1. The third-order valence-electron chi connectivity index (χ3n) is 3.73. The fourth-order valence-electron chi connectivity index (χ4n) is 2.41. The van der Waals surface area contributed by atoms with Crippen LogP contribution in [0.1, 0.15) is 44.7 Å². The van der Waals surface area contributed by atoms with Crippen molar-refractivity contribution < 1.29 is 0 Å². The number of hydrogen-bond acceptors (Lipinski definition) is 3. The van der Waals surface area contributed by atoms with E-state index in [1.165, 1.54) is 29.8 Å². The molecule has 0 spiro atoms. The highest BCUT2D eigenvalue weighted by molar-refractivity contribution is 5.48. The minimum Gasteiger partial charge on any atom is -0.354 e. The van der Waals surface area contributed by atoms with Gasteiger partial charge in [0.1, 0.15) is 5.82 Å². The van der Waals surface area contributed by atoms with Crippen LogP contribution < -0.4 is 10.2 Å². The molecule has 1 aliphatic carbocycles. The maximum atomic E-state index is 4.72. The summed E-state index contributed by atoms with van der Waals surface area (Å²) in [6, 6.07) is 2.79. The van der Waals surface area contributed by atoms with Crippen molar-refractivity contribution in [1.82, 2.24) is 10.3 Å². The molecule has 1 aromatic heterocycles. The van der Waals surface area contributed by atoms with Gasteiger partial charge in [0.05, 0.1) is 0 Å². The summed E-state index contributed by atoms with van der Waals surface area (Å²) < 4.78 is 0. The zero-order chi connectivity index (χ0) is 13.8. The molecule has 0 aromatic carbocycles. The van der Waals surface area contributed by atoms with Crippen molar-refractivity contribution in [2.45, 2.75) is 53.1 Å². The maximum Gasteiger partial charge on any atom is 0.131 e. The Morgan fingerprint density at radius 1 is 1.42 bits per heavy atom. The van der Waals surface area contributed by atoms with Crippen LogP contribution >= 0.6 is 0 Å². The largest absolute Gasteiger partial charge is 0.354 e. The van der Waals surface area contributed by atoms with Crippen LogP contribution in [0.25, 0.3) is 0 Å². The van der Waals surface area contributed by atoms with Gasteiger partial charge in [0.15, 0.2) is 0 Å². The Morgan fingerprint density at radius 3 is 2.68 bits per heavy atom. The predicted octanol–water partition coefficient (Wildman–Crippen LogP) is 3.12. The molecule has 1 heterocycles. The van der Waals surface area contributed by atoms with Crippen molar-refractivity contribution in [1.29, 1.82) is 0 Å². The quantitative estimate of drug-likeness (QED) is 0.817. The number of pyridine rings is 1. The minimum atomic E-state index is 0.520. The van der Waals surface area contributed by atoms with Gasteiger partial charge in [-0.3, -0.25) is 0 Å². The lowest BCUT2D eigenvalue weighted by atomic mass is 10.1. The molecule has 0 saturated heterocycles. The van der Waals surface area contributed by atoms with E-state index in [-0.39, 0.29) is 0 Å². The van der Waals surface area contributed by atoms with Gasteiger partial charge in [0, 0.05) is 25.3 Å². The highest BCUT2D eigenvalue weighted by Gasteiger charge is 2.26. The number of nitrogens with one attached hydrogen (secondary N) is 1. The second kappa shape index (κ2) is 6.38. The molecule has 1 aliphatic rings. The normalized spacial score (nSPS) is 15.0. The van der Waals surface area contributed by atoms with Gasteiger partial charge in [-0.15, -0.1) is 0 Å². The van der Waals surface area contributed by atoms with E-state index >= 15 is 0 Å². The molecule has 0 radical (unpaired) electrons. The van der Waals surface area contributed by atoms with Crippen molar-refractivity contribution in [2.24, 2.45) is 5.92 Å². The summed E-state index contributed by atoms with van der Waals surface area (Å²) >= 11 is 0. The van der Waals surface area contributed by atoms with E-state index < -0.39 is 0 Å². The Hall–Kier alpha value is -1.09. The van der Waals surface area contributed by atoms with Crippen LogP contribution in [0.2, 0.25) is 0 Å². The zero-order valence-electron chi connectivity index (χ0n) is 12.7. The van der Waals surface area contributed by atoms with E-state index in [2.05, 4.69) is 44.0 Å². The Balaban J connectivity index is 2.12. The van der Waals surface area contributed by atoms with Gasteiger partial charge in [0.2, 0.25) is 0 Å². The lowest BCUT2D eigenvalue weighted by Gasteiger charge is -2.29. The lowest BCUT2D eigenvalue weighted by molar-refractivity contribution is 0.633. The van der Waals surface area contributed by atoms with E-state index in [1.807, 2.05) is 6.20 Å². The van der Waals surface area contributed by atoms with E-state index in [1.54, 1.807) is 0 Å². The van der Waals surface area contributed by atoms with E-state index in [0.29, 0.717) is 6.04 Å². The Bertz CT molecular complexity index is 410. The van der Waals surface area contributed by atoms with Crippen LogP contribution in [0.5, 0.6) is 0 Å². The highest BCUT2D eigenvalue weighted by Crippen LogP contribution is 2.32. The number of anilines is 1. The summed E-state index contributed by atoms with van der Waals surface area (Å²) in [6.45, 7) is 11.9. The van der Waals surface area contributed by atoms with Crippen LogP contribution in [0.4, 0.5) is 5.82 Å². The third-order valence-corrected chi connectivity index (χ3v) is 3.73. The van der Waals surface area contributed by atoms with Crippen molar-refractivity contribution in [3.63, 3.8) is 0 Å². The minimum absolute atomic E-state index is 0.520. The van der Waals surface area contributed by atoms with Gasteiger partial charge in [-0.1, -0.05) is 6.92 Å². The molecular weight excluding hydrogens is 234 g/mol. The second-order valence-electron chi connectivity index (χ2n) is 5.95. The van der Waals surface area contributed by atoms with Crippen LogP contribution in [0.15, 0.2) is 12.3 Å². The molecule has 1 aromatic rings. The van der Waals surface area contributed by atoms with Crippen molar-refractivity contribution in [3.05, 3.63) is 23.4 Å². The second-order valence-corrected chi connectivity index (χ2v) is 5.95. The van der Waals surface area contributed by atoms with Gasteiger partial charge in [0.25, 0.3) is 0 Å². The van der Waals surface area contributed by atoms with Crippen LogP contribution in [0, 0.1) is 12.8 Å². The van der Waals surface area contributed by atoms with Gasteiger partial charge >= 0.3 is 0 Å². The summed E-state index contributed by atoms with van der Waals surface area (Å²) in [4.78, 5) is 7.18. The fraction of sp³-hybridized carbons (Fsp3) is 0.688. The number of aromatic nitrogens is 1. The molecule has 0 aliphatic heterocycles. The number of rotatable bonds is 7. The smallest absolute Gasteiger partial charge is 0.131 e. The predicted molar refractivity (Wildman–Crippen MR) is 81.6 cm³/mol. The summed E-state index contributed by atoms with van der Waals surface area (Å²) in [5.74, 6) is 2.06. The lowest BCUT2D eigenvalue weighted by Crippen LogP contribution is -2.34. The Labute approximate surface area is 117 Å². The summed E-state index contributed by atoms with van der Waals surface area (Å²) in [5.41, 5.74) is 2.57. The molecule has 2 rings (SSSR count). The van der Waals surface area contributed by atoms with Gasteiger partial charge in [-0.25, -0.2) is 4.98 Å². The first-order chi connectivity index (χ1) is 9.11. The van der Waals surface area contributed by atoms with E-state index in [0.717, 1.165) is 25.6 Å². The summed E-state index contributed by atoms with van der Waals surface area (Å²) in [7, 11) is 0. The molecule has 0 unspecified atom stereocenters. The molecule has 1 fully saturated rings. The summed E-state index contributed by atoms with van der Waals surface area (Å²) in [5, 5.41) is 3.35. The molecule has 1 saturated carbocycles. The number of nitrogens with zero attached hydrogens (tertiary/aromatic N) is 2. The van der Waals surface area contributed by atoms with Crippen molar-refractivity contribution >= 4 is 5.82 Å². The van der Waals surface area contributed by atoms with E-state index in [9.17, 15) is 0 Å². The molecule has 0 atom stereocenters. The standard InChI is InChI=1S/C16H27N3/c1-5-17-9-15-8-13(4)16(18-10-15)19(12(2)3)11-14-6-7-14/h8,10,12,14,17H,5-7,9,11H2,1-4H3. The van der Waals surface area contributed by atoms with Crippen LogP contribution in [0.3, 0.4) is 0 Å². The molecule has 106 valence electrons. The van der Waals surface area contributed by atoms with Crippen LogP contribution in [-0.2, 0) is 6.54 Å². The van der Waals surface area contributed by atoms with Gasteiger partial charge in [-0.2, -0.15) is 0 Å². The van der Waals surface area contributed by atoms with Crippen molar-refractivity contribution in [3.8, 4) is 0 Å². The molecule has 3 heteroatoms. The summed E-state index contributed by atoms with van der Waals surface area (Å²) in [6.07, 6.45) is 4.80. The SMILES string of the molecule is CCNCc1cnc(N(CC2CC2)C(C)C)c(C)c1. The third kappa shape index (κ3) is 3.93. The average molecular weight is 261 g/mol. The first-order valence-corrected chi connectivity index (χ1v) is 7.54. The first kappa shape index (κ1) is 14.3. The van der Waals surface area contributed by atoms with E-state index in [4.69, 9.17) is 4.98 Å². The number of aryl methyl sites for hydroxylation is 1. The molecule has 0 amide bonds. The molecule has 3 nitrogen and oxygen atoms in total.